The second-order valence-corrected chi connectivity index (χ2v) is 4.99. The summed E-state index contributed by atoms with van der Waals surface area (Å²) in [6.45, 7) is 0.676. The summed E-state index contributed by atoms with van der Waals surface area (Å²) in [5.74, 6) is 0.705. The van der Waals surface area contributed by atoms with Crippen LogP contribution in [0.25, 0.3) is 5.65 Å². The lowest BCUT2D eigenvalue weighted by Crippen LogP contribution is -2.02. The first-order valence-corrected chi connectivity index (χ1v) is 6.85. The number of carbonyl (C=O) groups is 1. The van der Waals surface area contributed by atoms with Gasteiger partial charge in [-0.05, 0) is 27.6 Å². The van der Waals surface area contributed by atoms with Crippen LogP contribution in [0.5, 0.6) is 0 Å². The Labute approximate surface area is 123 Å². The van der Waals surface area contributed by atoms with Gasteiger partial charge in [0.2, 0.25) is 0 Å². The highest BCUT2D eigenvalue weighted by molar-refractivity contribution is 9.10. The van der Waals surface area contributed by atoms with Gasteiger partial charge in [-0.3, -0.25) is 4.79 Å². The van der Waals surface area contributed by atoms with Gasteiger partial charge in [0, 0.05) is 12.7 Å². The van der Waals surface area contributed by atoms with Crippen LogP contribution in [0.3, 0.4) is 0 Å². The zero-order valence-corrected chi connectivity index (χ0v) is 12.0. The Balaban J connectivity index is 1.87. The van der Waals surface area contributed by atoms with E-state index in [1.54, 1.807) is 10.7 Å². The first kappa shape index (κ1) is 12.8. The number of nitrogens with zero attached hydrogens (tertiary/aromatic N) is 3. The average molecular weight is 331 g/mol. The number of hydrogen-bond acceptors (Lipinski definition) is 4. The molecule has 0 saturated heterocycles. The predicted molar refractivity (Wildman–Crippen MR) is 79.8 cm³/mol. The number of hydrogen-bond donors (Lipinski definition) is 1. The van der Waals surface area contributed by atoms with Crippen LogP contribution >= 0.6 is 15.9 Å². The first-order chi connectivity index (χ1) is 9.78. The van der Waals surface area contributed by atoms with Crippen molar-refractivity contribution in [3.05, 3.63) is 58.3 Å². The lowest BCUT2D eigenvalue weighted by molar-refractivity contribution is 0.112. The van der Waals surface area contributed by atoms with Crippen LogP contribution in [-0.4, -0.2) is 20.9 Å². The largest absolute Gasteiger partial charge is 0.366 e. The minimum absolute atomic E-state index is 0.452. The standard InChI is InChI=1S/C14H11BrN4O/c15-13-11(9-20)14-17-12(6-7-19(14)18-13)16-8-10-4-2-1-3-5-10/h1-7,9H,8H2,(H,16,17). The molecule has 0 fully saturated rings. The number of anilines is 1. The molecule has 20 heavy (non-hydrogen) atoms. The highest BCUT2D eigenvalue weighted by Crippen LogP contribution is 2.19. The average Bonchev–Trinajstić information content (AvgIpc) is 2.80. The van der Waals surface area contributed by atoms with E-state index < -0.39 is 0 Å². The Morgan fingerprint density at radius 1 is 1.25 bits per heavy atom. The number of fused-ring (bicyclic) bond motifs is 1. The first-order valence-electron chi connectivity index (χ1n) is 6.06. The van der Waals surface area contributed by atoms with E-state index >= 15 is 0 Å². The zero-order chi connectivity index (χ0) is 13.9. The van der Waals surface area contributed by atoms with Gasteiger partial charge in [-0.25, -0.2) is 9.50 Å². The van der Waals surface area contributed by atoms with Gasteiger partial charge in [0.15, 0.2) is 11.9 Å². The molecule has 1 aromatic carbocycles. The van der Waals surface area contributed by atoms with Gasteiger partial charge < -0.3 is 5.32 Å². The third kappa shape index (κ3) is 2.42. The lowest BCUT2D eigenvalue weighted by Gasteiger charge is -2.05. The summed E-state index contributed by atoms with van der Waals surface area (Å²) in [4.78, 5) is 15.5. The molecule has 0 bridgehead atoms. The fraction of sp³-hybridized carbons (Fsp3) is 0.0714. The summed E-state index contributed by atoms with van der Waals surface area (Å²) in [7, 11) is 0. The van der Waals surface area contributed by atoms with Crippen LogP contribution in [0.2, 0.25) is 0 Å². The molecule has 3 rings (SSSR count). The van der Waals surface area contributed by atoms with Crippen molar-refractivity contribution in [2.24, 2.45) is 0 Å². The van der Waals surface area contributed by atoms with Crippen LogP contribution in [-0.2, 0) is 6.54 Å². The van der Waals surface area contributed by atoms with Crippen molar-refractivity contribution in [1.29, 1.82) is 0 Å². The molecule has 2 aromatic heterocycles. The quantitative estimate of drug-likeness (QED) is 0.747. The molecule has 3 aromatic rings. The van der Waals surface area contributed by atoms with Crippen LogP contribution in [0.15, 0.2) is 47.2 Å². The van der Waals surface area contributed by atoms with Crippen molar-refractivity contribution in [2.75, 3.05) is 5.32 Å². The van der Waals surface area contributed by atoms with Gasteiger partial charge in [0.1, 0.15) is 10.4 Å². The molecule has 0 aliphatic heterocycles. The monoisotopic (exact) mass is 330 g/mol. The fourth-order valence-electron chi connectivity index (χ4n) is 1.91. The molecule has 6 heteroatoms. The minimum atomic E-state index is 0.452. The smallest absolute Gasteiger partial charge is 0.169 e. The third-order valence-electron chi connectivity index (χ3n) is 2.91. The van der Waals surface area contributed by atoms with Gasteiger partial charge >= 0.3 is 0 Å². The molecule has 0 aliphatic carbocycles. The SMILES string of the molecule is O=Cc1c(Br)nn2ccc(NCc3ccccc3)nc12. The van der Waals surface area contributed by atoms with E-state index in [4.69, 9.17) is 0 Å². The van der Waals surface area contributed by atoms with Gasteiger partial charge in [-0.1, -0.05) is 30.3 Å². The Hall–Kier alpha value is -2.21. The van der Waals surface area contributed by atoms with E-state index in [1.807, 2.05) is 36.4 Å². The van der Waals surface area contributed by atoms with E-state index in [9.17, 15) is 4.79 Å². The van der Waals surface area contributed by atoms with E-state index in [-0.39, 0.29) is 0 Å². The molecule has 0 unspecified atom stereocenters. The second kappa shape index (κ2) is 5.42. The summed E-state index contributed by atoms with van der Waals surface area (Å²) < 4.78 is 2.07. The Kier molecular flexibility index (Phi) is 3.47. The zero-order valence-electron chi connectivity index (χ0n) is 10.5. The molecular weight excluding hydrogens is 320 g/mol. The van der Waals surface area contributed by atoms with Crippen molar-refractivity contribution in [2.45, 2.75) is 6.54 Å². The number of nitrogens with one attached hydrogen (secondary N) is 1. The molecule has 1 N–H and O–H groups in total. The summed E-state index contributed by atoms with van der Waals surface area (Å²) in [6.07, 6.45) is 2.52. The maximum atomic E-state index is 11.0. The molecular formula is C14H11BrN4O. The molecule has 0 aliphatic rings. The number of halogens is 1. The summed E-state index contributed by atoms with van der Waals surface area (Å²) >= 11 is 3.25. The topological polar surface area (TPSA) is 59.3 Å². The summed E-state index contributed by atoms with van der Waals surface area (Å²) in [5.41, 5.74) is 2.15. The molecule has 0 spiro atoms. The molecule has 0 amide bonds. The normalized spacial score (nSPS) is 10.7. The Morgan fingerprint density at radius 3 is 2.80 bits per heavy atom. The van der Waals surface area contributed by atoms with Crippen LogP contribution in [0, 0.1) is 0 Å². The molecule has 100 valence electrons. The van der Waals surface area contributed by atoms with Crippen LogP contribution in [0.4, 0.5) is 5.82 Å². The number of benzene rings is 1. The number of rotatable bonds is 4. The second-order valence-electron chi connectivity index (χ2n) is 4.24. The number of aldehydes is 1. The molecule has 2 heterocycles. The van der Waals surface area contributed by atoms with Gasteiger partial charge in [-0.2, -0.15) is 5.10 Å². The maximum absolute atomic E-state index is 11.0. The Morgan fingerprint density at radius 2 is 2.05 bits per heavy atom. The predicted octanol–water partition coefficient (Wildman–Crippen LogP) is 2.92. The molecule has 0 atom stereocenters. The van der Waals surface area contributed by atoms with Gasteiger partial charge in [0.05, 0.1) is 5.56 Å². The van der Waals surface area contributed by atoms with Crippen molar-refractivity contribution in [3.63, 3.8) is 0 Å². The highest BCUT2D eigenvalue weighted by Gasteiger charge is 2.11. The van der Waals surface area contributed by atoms with Crippen molar-refractivity contribution < 1.29 is 4.79 Å². The van der Waals surface area contributed by atoms with E-state index in [0.29, 0.717) is 28.2 Å². The van der Waals surface area contributed by atoms with Crippen LogP contribution < -0.4 is 5.32 Å². The molecule has 0 saturated carbocycles. The number of aromatic nitrogens is 3. The van der Waals surface area contributed by atoms with Crippen molar-refractivity contribution in [3.8, 4) is 0 Å². The Bertz CT molecular complexity index is 754. The minimum Gasteiger partial charge on any atom is -0.366 e. The number of carbonyl (C=O) groups excluding carboxylic acids is 1. The molecule has 5 nitrogen and oxygen atoms in total. The third-order valence-corrected chi connectivity index (χ3v) is 3.50. The van der Waals surface area contributed by atoms with E-state index in [0.717, 1.165) is 6.29 Å². The van der Waals surface area contributed by atoms with E-state index in [2.05, 4.69) is 31.3 Å². The van der Waals surface area contributed by atoms with Crippen LogP contribution in [0.1, 0.15) is 15.9 Å². The van der Waals surface area contributed by atoms with E-state index in [1.165, 1.54) is 5.56 Å². The molecule has 0 radical (unpaired) electrons. The van der Waals surface area contributed by atoms with Gasteiger partial charge in [0.25, 0.3) is 0 Å². The highest BCUT2D eigenvalue weighted by atomic mass is 79.9. The maximum Gasteiger partial charge on any atom is 0.169 e. The van der Waals surface area contributed by atoms with Crippen molar-refractivity contribution >= 4 is 33.7 Å². The lowest BCUT2D eigenvalue weighted by atomic mass is 10.2. The summed E-state index contributed by atoms with van der Waals surface area (Å²) in [5, 5.41) is 7.39. The fourth-order valence-corrected chi connectivity index (χ4v) is 2.35. The summed E-state index contributed by atoms with van der Waals surface area (Å²) in [6, 6.07) is 11.9. The van der Waals surface area contributed by atoms with Gasteiger partial charge in [-0.15, -0.1) is 0 Å². The van der Waals surface area contributed by atoms with Crippen molar-refractivity contribution in [1.82, 2.24) is 14.6 Å².